The summed E-state index contributed by atoms with van der Waals surface area (Å²) in [5, 5.41) is 14.6. The van der Waals surface area contributed by atoms with E-state index in [1.165, 1.54) is 37.4 Å². The molecule has 1 aromatic heterocycles. The molecule has 7 nitrogen and oxygen atoms in total. The van der Waals surface area contributed by atoms with E-state index in [4.69, 9.17) is 9.15 Å². The first kappa shape index (κ1) is 20.8. The van der Waals surface area contributed by atoms with Crippen LogP contribution in [0, 0.1) is 39.2 Å². The Hall–Kier alpha value is -3.96. The molecular weight excluding hydrogens is 417 g/mol. The molecule has 0 atom stereocenters. The summed E-state index contributed by atoms with van der Waals surface area (Å²) in [5.41, 5.74) is 0.190. The number of hydrogen-bond donors (Lipinski definition) is 1. The van der Waals surface area contributed by atoms with Gasteiger partial charge in [0.1, 0.15) is 23.0 Å². The van der Waals surface area contributed by atoms with Crippen molar-refractivity contribution in [2.75, 3.05) is 12.5 Å². The van der Waals surface area contributed by atoms with E-state index in [0.717, 1.165) is 6.21 Å². The first-order valence-corrected chi connectivity index (χ1v) is 7.97. The number of nitrogens with one attached hydrogen (secondary N) is 1. The van der Waals surface area contributed by atoms with Crippen LogP contribution in [0.25, 0.3) is 11.3 Å². The second-order valence-electron chi connectivity index (χ2n) is 5.66. The van der Waals surface area contributed by atoms with E-state index < -0.39 is 39.7 Å². The van der Waals surface area contributed by atoms with Crippen LogP contribution in [0.2, 0.25) is 0 Å². The van der Waals surface area contributed by atoms with Gasteiger partial charge in [-0.3, -0.25) is 15.5 Å². The molecule has 1 N–H and O–H groups in total. The van der Waals surface area contributed by atoms with Crippen molar-refractivity contribution >= 4 is 17.6 Å². The number of nitro groups is 1. The summed E-state index contributed by atoms with van der Waals surface area (Å²) in [4.78, 5) is 10.6. The molecule has 0 fully saturated rings. The van der Waals surface area contributed by atoms with Crippen molar-refractivity contribution in [1.82, 2.24) is 0 Å². The number of nitro benzene ring substituents is 1. The van der Waals surface area contributed by atoms with Gasteiger partial charge in [0.2, 0.25) is 5.82 Å². The lowest BCUT2D eigenvalue weighted by atomic mass is 10.1. The molecule has 0 saturated heterocycles. The predicted octanol–water partition coefficient (Wildman–Crippen LogP) is 5.00. The van der Waals surface area contributed by atoms with Crippen LogP contribution in [0.15, 0.2) is 39.9 Å². The zero-order valence-electron chi connectivity index (χ0n) is 14.9. The van der Waals surface area contributed by atoms with Crippen LogP contribution in [-0.2, 0) is 0 Å². The van der Waals surface area contributed by atoms with Gasteiger partial charge in [0.05, 0.1) is 23.8 Å². The first-order valence-electron chi connectivity index (χ1n) is 7.97. The van der Waals surface area contributed by atoms with E-state index in [2.05, 4.69) is 5.10 Å². The predicted molar refractivity (Wildman–Crippen MR) is 94.8 cm³/mol. The minimum atomic E-state index is -2.30. The third-order valence-electron chi connectivity index (χ3n) is 3.87. The highest BCUT2D eigenvalue weighted by Crippen LogP contribution is 2.34. The van der Waals surface area contributed by atoms with Crippen LogP contribution >= 0.6 is 0 Å². The van der Waals surface area contributed by atoms with E-state index in [9.17, 15) is 32.1 Å². The van der Waals surface area contributed by atoms with Gasteiger partial charge in [0.15, 0.2) is 23.3 Å². The van der Waals surface area contributed by atoms with Crippen molar-refractivity contribution in [1.29, 1.82) is 0 Å². The summed E-state index contributed by atoms with van der Waals surface area (Å²) in [5.74, 6) is -10.4. The second-order valence-corrected chi connectivity index (χ2v) is 5.66. The maximum Gasteiger partial charge on any atom is 0.280 e. The number of methoxy groups -OCH3 is 1. The number of halogens is 5. The number of ether oxygens (including phenoxy) is 1. The van der Waals surface area contributed by atoms with Gasteiger partial charge < -0.3 is 9.15 Å². The smallest absolute Gasteiger partial charge is 0.280 e. The fraction of sp³-hybridized carbons (Fsp3) is 0.0556. The number of hydrazone groups is 1. The molecule has 0 unspecified atom stereocenters. The van der Waals surface area contributed by atoms with Gasteiger partial charge in [0, 0.05) is 6.07 Å². The van der Waals surface area contributed by atoms with Crippen molar-refractivity contribution in [3.05, 3.63) is 75.3 Å². The highest BCUT2D eigenvalue weighted by molar-refractivity contribution is 5.79. The van der Waals surface area contributed by atoms with Crippen molar-refractivity contribution in [3.63, 3.8) is 0 Å². The molecule has 0 bridgehead atoms. The van der Waals surface area contributed by atoms with Crippen LogP contribution in [-0.4, -0.2) is 18.2 Å². The monoisotopic (exact) mass is 427 g/mol. The van der Waals surface area contributed by atoms with Crippen molar-refractivity contribution in [2.45, 2.75) is 0 Å². The molecule has 1 heterocycles. The molecule has 0 amide bonds. The number of benzene rings is 2. The average molecular weight is 427 g/mol. The number of anilines is 1. The maximum atomic E-state index is 13.6. The highest BCUT2D eigenvalue weighted by atomic mass is 19.2. The van der Waals surface area contributed by atoms with Crippen LogP contribution in [0.4, 0.5) is 33.3 Å². The molecule has 0 aliphatic rings. The van der Waals surface area contributed by atoms with E-state index in [0.29, 0.717) is 5.75 Å². The Bertz CT molecular complexity index is 1130. The number of rotatable bonds is 6. The molecule has 156 valence electrons. The number of hydrogen-bond acceptors (Lipinski definition) is 6. The lowest BCUT2D eigenvalue weighted by Crippen LogP contribution is -2.06. The molecule has 12 heteroatoms. The molecule has 0 spiro atoms. The van der Waals surface area contributed by atoms with Crippen molar-refractivity contribution < 1.29 is 36.0 Å². The topological polar surface area (TPSA) is 89.9 Å². The Labute approximate surface area is 164 Å². The lowest BCUT2D eigenvalue weighted by Gasteiger charge is -2.06. The van der Waals surface area contributed by atoms with Crippen LogP contribution in [0.1, 0.15) is 5.76 Å². The summed E-state index contributed by atoms with van der Waals surface area (Å²) in [6, 6.07) is 6.66. The Balaban J connectivity index is 1.87. The van der Waals surface area contributed by atoms with Crippen molar-refractivity contribution in [3.8, 4) is 17.1 Å². The molecule has 0 aliphatic carbocycles. The first-order chi connectivity index (χ1) is 14.2. The number of furan rings is 1. The average Bonchev–Trinajstić information content (AvgIpc) is 3.21. The van der Waals surface area contributed by atoms with Crippen molar-refractivity contribution in [2.24, 2.45) is 5.10 Å². The third kappa shape index (κ3) is 3.79. The fourth-order valence-corrected chi connectivity index (χ4v) is 2.43. The van der Waals surface area contributed by atoms with Crippen LogP contribution in [0.5, 0.6) is 5.75 Å². The summed E-state index contributed by atoms with van der Waals surface area (Å²) in [7, 11) is 1.37. The quantitative estimate of drug-likeness (QED) is 0.149. The third-order valence-corrected chi connectivity index (χ3v) is 3.87. The summed E-state index contributed by atoms with van der Waals surface area (Å²) in [6.07, 6.45) is 0.882. The Morgan fingerprint density at radius 3 is 2.27 bits per heavy atom. The van der Waals surface area contributed by atoms with Gasteiger partial charge in [-0.1, -0.05) is 0 Å². The fourth-order valence-electron chi connectivity index (χ4n) is 2.43. The standard InChI is InChI=1S/C18H10F5N3O4/c1-29-8-2-4-11(26(27)28)10(6-8)12-5-3-9(30-12)7-24-25-18-16(22)14(20)13(19)15(21)17(18)23/h2-7,25H,1H3/b24-7+. The molecular formula is C18H10F5N3O4. The number of nitrogens with zero attached hydrogens (tertiary/aromatic N) is 2. The van der Waals surface area contributed by atoms with Crippen LogP contribution in [0.3, 0.4) is 0 Å². The Morgan fingerprint density at radius 1 is 1.03 bits per heavy atom. The minimum absolute atomic E-state index is 0.0292. The Morgan fingerprint density at radius 2 is 1.67 bits per heavy atom. The largest absolute Gasteiger partial charge is 0.497 e. The van der Waals surface area contributed by atoms with E-state index >= 15 is 0 Å². The summed E-state index contributed by atoms with van der Waals surface area (Å²) < 4.78 is 77.0. The second kappa shape index (κ2) is 8.19. The molecule has 0 radical (unpaired) electrons. The van der Waals surface area contributed by atoms with Crippen LogP contribution < -0.4 is 10.2 Å². The van der Waals surface area contributed by atoms with Gasteiger partial charge in [-0.2, -0.15) is 5.10 Å². The minimum Gasteiger partial charge on any atom is -0.497 e. The van der Waals surface area contributed by atoms with E-state index in [1.54, 1.807) is 5.43 Å². The van der Waals surface area contributed by atoms with Gasteiger partial charge in [0.25, 0.3) is 5.69 Å². The van der Waals surface area contributed by atoms with E-state index in [1.807, 2.05) is 0 Å². The molecule has 3 aromatic rings. The van der Waals surface area contributed by atoms with Gasteiger partial charge in [-0.15, -0.1) is 0 Å². The van der Waals surface area contributed by atoms with Gasteiger partial charge in [-0.05, 0) is 24.3 Å². The normalized spacial score (nSPS) is 11.1. The van der Waals surface area contributed by atoms with E-state index in [-0.39, 0.29) is 22.8 Å². The molecule has 2 aromatic carbocycles. The zero-order chi connectivity index (χ0) is 22.0. The Kier molecular flexibility index (Phi) is 5.67. The summed E-state index contributed by atoms with van der Waals surface area (Å²) >= 11 is 0. The molecule has 3 rings (SSSR count). The molecule has 0 aliphatic heterocycles. The van der Waals surface area contributed by atoms with Gasteiger partial charge >= 0.3 is 0 Å². The maximum absolute atomic E-state index is 13.6. The molecule has 30 heavy (non-hydrogen) atoms. The molecule has 0 saturated carbocycles. The highest BCUT2D eigenvalue weighted by Gasteiger charge is 2.25. The zero-order valence-corrected chi connectivity index (χ0v) is 14.9. The lowest BCUT2D eigenvalue weighted by molar-refractivity contribution is -0.384. The summed E-state index contributed by atoms with van der Waals surface area (Å²) in [6.45, 7) is 0. The SMILES string of the molecule is COc1ccc([N+](=O)[O-])c(-c2ccc(/C=N/Nc3c(F)c(F)c(F)c(F)c3F)o2)c1. The van der Waals surface area contributed by atoms with Gasteiger partial charge in [-0.25, -0.2) is 22.0 Å².